The molecule has 0 saturated carbocycles. The summed E-state index contributed by atoms with van der Waals surface area (Å²) in [5.74, 6) is 0.880. The van der Waals surface area contributed by atoms with Crippen LogP contribution in [0.1, 0.15) is 42.6 Å². The first-order chi connectivity index (χ1) is 16.3. The number of ether oxygens (including phenoxy) is 2. The topological polar surface area (TPSA) is 88.2 Å². The summed E-state index contributed by atoms with van der Waals surface area (Å²) in [7, 11) is -0.538. The molecule has 34 heavy (non-hydrogen) atoms. The molecule has 0 spiro atoms. The number of rotatable bonds is 10. The smallest absolute Gasteiger partial charge is 0.255 e. The third kappa shape index (κ3) is 6.08. The normalized spacial score (nSPS) is 15.3. The van der Waals surface area contributed by atoms with Gasteiger partial charge in [-0.05, 0) is 48.7 Å². The van der Waals surface area contributed by atoms with Crippen molar-refractivity contribution in [3.05, 3.63) is 53.6 Å². The van der Waals surface area contributed by atoms with Crippen molar-refractivity contribution in [3.8, 4) is 11.5 Å². The van der Waals surface area contributed by atoms with Crippen LogP contribution < -0.4 is 14.8 Å². The molecule has 0 radical (unpaired) electrons. The zero-order valence-corrected chi connectivity index (χ0v) is 21.2. The summed E-state index contributed by atoms with van der Waals surface area (Å²) < 4.78 is 37.9. The number of hydrogen-bond donors (Lipinski definition) is 1. The first-order valence-corrected chi connectivity index (χ1v) is 13.1. The van der Waals surface area contributed by atoms with E-state index < -0.39 is 10.0 Å². The van der Waals surface area contributed by atoms with Crippen LogP contribution in [0.25, 0.3) is 0 Å². The molecule has 0 bridgehead atoms. The SMILES string of the molecule is CCN(CC)S(=O)(=O)c1ccc(OC)c(C(=O)NC2CCN(Cc3cccc(OC)c3)CC2)c1. The first kappa shape index (κ1) is 26.0. The van der Waals surface area contributed by atoms with Gasteiger partial charge in [0.05, 0.1) is 24.7 Å². The molecule has 2 aromatic carbocycles. The molecule has 1 N–H and O–H groups in total. The summed E-state index contributed by atoms with van der Waals surface area (Å²) in [6.07, 6.45) is 1.63. The number of sulfonamides is 1. The maximum atomic E-state index is 13.1. The van der Waals surface area contributed by atoms with E-state index in [9.17, 15) is 13.2 Å². The fourth-order valence-electron chi connectivity index (χ4n) is 4.27. The average Bonchev–Trinajstić information content (AvgIpc) is 2.85. The Morgan fingerprint density at radius 3 is 2.38 bits per heavy atom. The molecule has 1 fully saturated rings. The second-order valence-corrected chi connectivity index (χ2v) is 10.3. The second-order valence-electron chi connectivity index (χ2n) is 8.33. The lowest BCUT2D eigenvalue weighted by Gasteiger charge is -2.32. The third-order valence-corrected chi connectivity index (χ3v) is 8.27. The summed E-state index contributed by atoms with van der Waals surface area (Å²) in [5.41, 5.74) is 1.42. The van der Waals surface area contributed by atoms with E-state index in [-0.39, 0.29) is 22.4 Å². The lowest BCUT2D eigenvalue weighted by molar-refractivity contribution is 0.0905. The lowest BCUT2D eigenvalue weighted by Crippen LogP contribution is -2.44. The predicted molar refractivity (Wildman–Crippen MR) is 132 cm³/mol. The molecule has 1 aliphatic heterocycles. The third-order valence-electron chi connectivity index (χ3n) is 6.22. The minimum atomic E-state index is -3.68. The molecule has 0 aliphatic carbocycles. The van der Waals surface area contributed by atoms with Gasteiger partial charge in [0.15, 0.2) is 0 Å². The maximum absolute atomic E-state index is 13.1. The number of likely N-dealkylation sites (tertiary alicyclic amines) is 1. The number of amides is 1. The Morgan fingerprint density at radius 2 is 1.76 bits per heavy atom. The standard InChI is InChI=1S/C25H35N3O5S/c1-5-28(6-2)34(30,31)22-10-11-24(33-4)23(17-22)25(29)26-20-12-14-27(15-13-20)18-19-8-7-9-21(16-19)32-3/h7-11,16-17,20H,5-6,12-15,18H2,1-4H3,(H,26,29). The van der Waals surface area contributed by atoms with Crippen molar-refractivity contribution in [2.45, 2.75) is 44.2 Å². The van der Waals surface area contributed by atoms with Crippen molar-refractivity contribution < 1.29 is 22.7 Å². The zero-order chi connectivity index (χ0) is 24.7. The van der Waals surface area contributed by atoms with Crippen LogP contribution in [-0.4, -0.2) is 70.0 Å². The van der Waals surface area contributed by atoms with Gasteiger partial charge in [-0.15, -0.1) is 0 Å². The Balaban J connectivity index is 1.65. The monoisotopic (exact) mass is 489 g/mol. The molecular formula is C25H35N3O5S. The lowest BCUT2D eigenvalue weighted by atomic mass is 10.0. The van der Waals surface area contributed by atoms with E-state index >= 15 is 0 Å². The van der Waals surface area contributed by atoms with Crippen LogP contribution in [0, 0.1) is 0 Å². The highest BCUT2D eigenvalue weighted by molar-refractivity contribution is 7.89. The van der Waals surface area contributed by atoms with E-state index in [0.717, 1.165) is 38.2 Å². The van der Waals surface area contributed by atoms with Crippen LogP contribution in [0.4, 0.5) is 0 Å². The van der Waals surface area contributed by atoms with Crippen LogP contribution in [0.15, 0.2) is 47.4 Å². The first-order valence-electron chi connectivity index (χ1n) is 11.7. The highest BCUT2D eigenvalue weighted by Gasteiger charge is 2.26. The van der Waals surface area contributed by atoms with Gasteiger partial charge in [-0.3, -0.25) is 9.69 Å². The van der Waals surface area contributed by atoms with Gasteiger partial charge in [0, 0.05) is 38.8 Å². The van der Waals surface area contributed by atoms with Gasteiger partial charge >= 0.3 is 0 Å². The number of hydrogen-bond acceptors (Lipinski definition) is 6. The van der Waals surface area contributed by atoms with Crippen LogP contribution in [0.3, 0.4) is 0 Å². The van der Waals surface area contributed by atoms with Crippen molar-refractivity contribution in [1.29, 1.82) is 0 Å². The largest absolute Gasteiger partial charge is 0.497 e. The van der Waals surface area contributed by atoms with Gasteiger partial charge in [-0.25, -0.2) is 8.42 Å². The molecule has 0 aromatic heterocycles. The van der Waals surface area contributed by atoms with Gasteiger partial charge in [-0.1, -0.05) is 26.0 Å². The average molecular weight is 490 g/mol. The van der Waals surface area contributed by atoms with Gasteiger partial charge in [0.25, 0.3) is 5.91 Å². The Morgan fingerprint density at radius 1 is 1.06 bits per heavy atom. The van der Waals surface area contributed by atoms with Crippen molar-refractivity contribution in [1.82, 2.24) is 14.5 Å². The molecule has 1 amide bonds. The summed E-state index contributed by atoms with van der Waals surface area (Å²) >= 11 is 0. The van der Waals surface area contributed by atoms with Gasteiger partial charge in [0.1, 0.15) is 11.5 Å². The number of methoxy groups -OCH3 is 2. The minimum absolute atomic E-state index is 0.0156. The number of carbonyl (C=O) groups excluding carboxylic acids is 1. The molecule has 3 rings (SSSR count). The predicted octanol–water partition coefficient (Wildman–Crippen LogP) is 3.13. The van der Waals surface area contributed by atoms with E-state index in [2.05, 4.69) is 16.3 Å². The minimum Gasteiger partial charge on any atom is -0.497 e. The van der Waals surface area contributed by atoms with E-state index in [4.69, 9.17) is 9.47 Å². The van der Waals surface area contributed by atoms with E-state index in [1.807, 2.05) is 18.2 Å². The maximum Gasteiger partial charge on any atom is 0.255 e. The van der Waals surface area contributed by atoms with E-state index in [1.54, 1.807) is 27.0 Å². The van der Waals surface area contributed by atoms with Crippen LogP contribution in [0.2, 0.25) is 0 Å². The number of benzene rings is 2. The van der Waals surface area contributed by atoms with E-state index in [1.165, 1.54) is 29.1 Å². The number of carbonyl (C=O) groups is 1. The van der Waals surface area contributed by atoms with Crippen molar-refractivity contribution in [3.63, 3.8) is 0 Å². The Kier molecular flexibility index (Phi) is 8.93. The molecule has 186 valence electrons. The zero-order valence-electron chi connectivity index (χ0n) is 20.4. The fourth-order valence-corrected chi connectivity index (χ4v) is 5.75. The second kappa shape index (κ2) is 11.7. The molecule has 0 unspecified atom stereocenters. The molecule has 8 nitrogen and oxygen atoms in total. The molecular weight excluding hydrogens is 454 g/mol. The van der Waals surface area contributed by atoms with Gasteiger partial charge in [-0.2, -0.15) is 4.31 Å². The molecule has 1 saturated heterocycles. The molecule has 1 heterocycles. The van der Waals surface area contributed by atoms with Crippen molar-refractivity contribution in [2.24, 2.45) is 0 Å². The van der Waals surface area contributed by atoms with Gasteiger partial charge in [0.2, 0.25) is 10.0 Å². The Hall–Kier alpha value is -2.62. The fraction of sp³-hybridized carbons (Fsp3) is 0.480. The molecule has 9 heteroatoms. The highest BCUT2D eigenvalue weighted by atomic mass is 32.2. The highest BCUT2D eigenvalue weighted by Crippen LogP contribution is 2.25. The quantitative estimate of drug-likeness (QED) is 0.552. The number of nitrogens with zero attached hydrogens (tertiary/aromatic N) is 2. The molecule has 2 aromatic rings. The summed E-state index contributed by atoms with van der Waals surface area (Å²) in [6.45, 7) is 6.85. The van der Waals surface area contributed by atoms with Crippen LogP contribution >= 0.6 is 0 Å². The van der Waals surface area contributed by atoms with Crippen molar-refractivity contribution in [2.75, 3.05) is 40.4 Å². The number of piperidine rings is 1. The summed E-state index contributed by atoms with van der Waals surface area (Å²) in [4.78, 5) is 15.5. The van der Waals surface area contributed by atoms with E-state index in [0.29, 0.717) is 18.8 Å². The molecule has 0 atom stereocenters. The molecule has 1 aliphatic rings. The Labute approximate surface area is 202 Å². The number of nitrogens with one attached hydrogen (secondary N) is 1. The van der Waals surface area contributed by atoms with Crippen molar-refractivity contribution >= 4 is 15.9 Å². The van der Waals surface area contributed by atoms with Crippen LogP contribution in [0.5, 0.6) is 11.5 Å². The summed E-state index contributed by atoms with van der Waals surface area (Å²) in [6, 6.07) is 12.5. The van der Waals surface area contributed by atoms with Crippen LogP contribution in [-0.2, 0) is 16.6 Å². The van der Waals surface area contributed by atoms with Gasteiger partial charge < -0.3 is 14.8 Å². The Bertz CT molecular complexity index is 1080. The summed E-state index contributed by atoms with van der Waals surface area (Å²) in [5, 5.41) is 3.07.